The number of hydrogen-bond acceptors (Lipinski definition) is 1. The molecule has 0 heterocycles. The summed E-state index contributed by atoms with van der Waals surface area (Å²) in [5, 5.41) is 6.55. The van der Waals surface area contributed by atoms with E-state index in [2.05, 4.69) is 200 Å². The van der Waals surface area contributed by atoms with Gasteiger partial charge in [-0.25, -0.2) is 0 Å². The van der Waals surface area contributed by atoms with E-state index in [1.165, 1.54) is 5.56 Å². The Morgan fingerprint density at radius 1 is 0.500 bits per heavy atom. The minimum absolute atomic E-state index is 0.0425. The Morgan fingerprint density at radius 2 is 1.08 bits per heavy atom. The van der Waals surface area contributed by atoms with Gasteiger partial charge in [-0.1, -0.05) is 212 Å². The molecule has 0 saturated carbocycles. The van der Waals surface area contributed by atoms with E-state index in [-0.39, 0.29) is 12.1 Å². The normalized spacial score (nSPS) is 15.2. The first-order valence-electron chi connectivity index (χ1n) is 23.4. The van der Waals surface area contributed by atoms with Gasteiger partial charge in [-0.15, -0.1) is 6.55 Å². The summed E-state index contributed by atoms with van der Waals surface area (Å²) in [7, 11) is 0. The molecule has 1 nitrogen and oxygen atoms in total. The largest absolute Gasteiger partial charge is 0.334 e. The van der Waals surface area contributed by atoms with Crippen molar-refractivity contribution in [1.29, 1.82) is 0 Å². The summed E-state index contributed by atoms with van der Waals surface area (Å²) in [6.45, 7) is 1.03. The van der Waals surface area contributed by atoms with Crippen LogP contribution in [-0.4, -0.2) is 6.04 Å². The molecule has 10 aromatic carbocycles. The zero-order chi connectivity index (χ0) is 44.8. The number of fused-ring (bicyclic) bond motifs is 7. The van der Waals surface area contributed by atoms with E-state index in [0.29, 0.717) is 0 Å². The van der Waals surface area contributed by atoms with E-state index in [9.17, 15) is 4.11 Å². The van der Waals surface area contributed by atoms with Crippen molar-refractivity contribution in [2.45, 2.75) is 17.9 Å². The number of nitrogens with zero attached hydrogens (tertiary/aromatic N) is 1. The molecular formula is C61H45N. The van der Waals surface area contributed by atoms with Crippen LogP contribution >= 0.6 is 0 Å². The van der Waals surface area contributed by atoms with Gasteiger partial charge in [0.2, 0.25) is 0 Å². The van der Waals surface area contributed by atoms with Crippen molar-refractivity contribution in [1.82, 2.24) is 0 Å². The average molecular weight is 796 g/mol. The molecule has 0 bridgehead atoms. The van der Waals surface area contributed by atoms with Gasteiger partial charge < -0.3 is 4.90 Å². The Kier molecular flexibility index (Phi) is 8.36. The van der Waals surface area contributed by atoms with Crippen LogP contribution < -0.4 is 4.90 Å². The van der Waals surface area contributed by atoms with E-state index >= 15 is 0 Å². The maximum absolute atomic E-state index is 10.0. The number of anilines is 2. The standard InChI is InChI=1S/C61H45N/c1-2-49(27-17-22-46-41-45-20-10-12-29-54(45)56-31-14-13-30-55(46)56)62(50-37-35-44(36-38-50)53-33-18-21-43-19-9-11-28-52(43)53)51-39-40-58-57-32-15-16-34-59(57)61(60(58)42-51,47-23-5-3-6-24-47)48-25-7-4-8-26-48/h2-26,28-42,49H,1,27H2/b22-17+/i1D,2D,17D,27D/b2-1?,22-17+. The van der Waals surface area contributed by atoms with Crippen LogP contribution in [0.25, 0.3) is 60.6 Å². The molecule has 0 fully saturated rings. The van der Waals surface area contributed by atoms with Gasteiger partial charge in [-0.2, -0.15) is 0 Å². The van der Waals surface area contributed by atoms with Crippen molar-refractivity contribution in [3.05, 3.63) is 271 Å². The van der Waals surface area contributed by atoms with Crippen LogP contribution in [-0.2, 0) is 5.41 Å². The highest BCUT2D eigenvalue weighted by atomic mass is 15.2. The average Bonchev–Trinajstić information content (AvgIpc) is 3.68. The second-order valence-electron chi connectivity index (χ2n) is 16.0. The molecule has 0 saturated heterocycles. The molecule has 0 N–H and O–H groups in total. The number of rotatable bonds is 10. The lowest BCUT2D eigenvalue weighted by molar-refractivity contribution is 0.762. The summed E-state index contributed by atoms with van der Waals surface area (Å²) in [6, 6.07) is 77.0. The first-order valence-corrected chi connectivity index (χ1v) is 21.2. The second-order valence-corrected chi connectivity index (χ2v) is 16.0. The molecule has 11 rings (SSSR count). The molecule has 2 atom stereocenters. The first kappa shape index (κ1) is 33.0. The number of benzene rings is 10. The van der Waals surface area contributed by atoms with Crippen LogP contribution in [0.5, 0.6) is 0 Å². The molecular weight excluding hydrogens is 747 g/mol. The van der Waals surface area contributed by atoms with Crippen molar-refractivity contribution >= 4 is 49.8 Å². The maximum atomic E-state index is 10.0. The lowest BCUT2D eigenvalue weighted by Gasteiger charge is -2.36. The van der Waals surface area contributed by atoms with E-state index in [1.807, 2.05) is 29.2 Å². The Bertz CT molecular complexity index is 3440. The fraction of sp³-hybridized carbons (Fsp3) is 0.0492. The molecule has 0 spiro atoms. The minimum Gasteiger partial charge on any atom is -0.334 e. The summed E-state index contributed by atoms with van der Waals surface area (Å²) in [5.41, 5.74) is 10.6. The topological polar surface area (TPSA) is 3.24 Å². The second kappa shape index (κ2) is 15.7. The van der Waals surface area contributed by atoms with Crippen LogP contribution in [0.4, 0.5) is 11.4 Å². The lowest BCUT2D eigenvalue weighted by atomic mass is 9.67. The van der Waals surface area contributed by atoms with Crippen LogP contribution in [0.3, 0.4) is 0 Å². The summed E-state index contributed by atoms with van der Waals surface area (Å²) in [5.74, 6) is 0. The molecule has 1 heteroatoms. The van der Waals surface area contributed by atoms with E-state index < -0.39 is 17.9 Å². The molecule has 1 aliphatic carbocycles. The Balaban J connectivity index is 1.13. The van der Waals surface area contributed by atoms with Crippen molar-refractivity contribution in [3.8, 4) is 22.3 Å². The molecule has 2 unspecified atom stereocenters. The molecule has 294 valence electrons. The minimum atomic E-state index is -1.26. The van der Waals surface area contributed by atoms with E-state index in [0.717, 1.165) is 94.8 Å². The summed E-state index contributed by atoms with van der Waals surface area (Å²) in [6.07, 6.45) is 0.522. The SMILES string of the molecule is [2H]C=C([2H])C(C([2H])/C([2H])=C/c1cc2ccccc2c2ccccc12)N(c1ccc(-c2cccc3ccccc23)cc1)c1ccc2c(c1)C(c1ccccc1)(c1ccccc1)c1ccccc1-2. The molecule has 62 heavy (non-hydrogen) atoms. The van der Waals surface area contributed by atoms with Gasteiger partial charge in [0.25, 0.3) is 0 Å². The highest BCUT2D eigenvalue weighted by Crippen LogP contribution is 2.57. The van der Waals surface area contributed by atoms with Crippen molar-refractivity contribution < 1.29 is 5.48 Å². The van der Waals surface area contributed by atoms with Crippen molar-refractivity contribution in [2.75, 3.05) is 4.90 Å². The van der Waals surface area contributed by atoms with Crippen LogP contribution in [0, 0.1) is 0 Å². The molecule has 0 amide bonds. The molecule has 0 aliphatic heterocycles. The van der Waals surface area contributed by atoms with Crippen LogP contribution in [0.2, 0.25) is 0 Å². The van der Waals surface area contributed by atoms with Gasteiger partial charge in [0.15, 0.2) is 0 Å². The fourth-order valence-corrected chi connectivity index (χ4v) is 9.96. The molecule has 0 aromatic heterocycles. The van der Waals surface area contributed by atoms with Crippen LogP contribution in [0.1, 0.15) is 39.7 Å². The van der Waals surface area contributed by atoms with Gasteiger partial charge in [0.1, 0.15) is 0 Å². The monoisotopic (exact) mass is 795 g/mol. The van der Waals surface area contributed by atoms with Gasteiger partial charge in [0, 0.05) is 12.7 Å². The van der Waals surface area contributed by atoms with Crippen LogP contribution in [0.15, 0.2) is 243 Å². The molecule has 1 aliphatic rings. The third kappa shape index (κ3) is 6.16. The highest BCUT2D eigenvalue weighted by molar-refractivity contribution is 6.10. The molecule has 0 radical (unpaired) electrons. The highest BCUT2D eigenvalue weighted by Gasteiger charge is 2.46. The summed E-state index contributed by atoms with van der Waals surface area (Å²) >= 11 is 0. The smallest absolute Gasteiger partial charge is 0.0714 e. The maximum Gasteiger partial charge on any atom is 0.0714 e. The van der Waals surface area contributed by atoms with Gasteiger partial charge in [-0.05, 0) is 119 Å². The van der Waals surface area contributed by atoms with Gasteiger partial charge in [0.05, 0.1) is 15.6 Å². The predicted molar refractivity (Wildman–Crippen MR) is 264 cm³/mol. The van der Waals surface area contributed by atoms with Gasteiger partial charge >= 0.3 is 0 Å². The van der Waals surface area contributed by atoms with E-state index in [4.69, 9.17) is 1.37 Å². The lowest BCUT2D eigenvalue weighted by Crippen LogP contribution is -2.31. The first-order chi connectivity index (χ1) is 32.4. The third-order valence-electron chi connectivity index (χ3n) is 12.7. The van der Waals surface area contributed by atoms with E-state index in [1.54, 1.807) is 6.08 Å². The van der Waals surface area contributed by atoms with Gasteiger partial charge in [-0.3, -0.25) is 0 Å². The predicted octanol–water partition coefficient (Wildman–Crippen LogP) is 16.0. The summed E-state index contributed by atoms with van der Waals surface area (Å²) < 4.78 is 37.9. The quantitative estimate of drug-likeness (QED) is 0.0984. The third-order valence-corrected chi connectivity index (χ3v) is 12.7. The molecule has 10 aromatic rings. The summed E-state index contributed by atoms with van der Waals surface area (Å²) in [4.78, 5) is 2.02. The Hall–Kier alpha value is -7.74. The Morgan fingerprint density at radius 3 is 1.84 bits per heavy atom. The zero-order valence-corrected chi connectivity index (χ0v) is 34.1. The van der Waals surface area contributed by atoms with Crippen molar-refractivity contribution in [3.63, 3.8) is 0 Å². The fourth-order valence-electron chi connectivity index (χ4n) is 9.96. The zero-order valence-electron chi connectivity index (χ0n) is 38.1. The number of hydrogen-bond donors (Lipinski definition) is 0. The Labute approximate surface area is 369 Å². The van der Waals surface area contributed by atoms with Crippen molar-refractivity contribution in [2.24, 2.45) is 0 Å².